The van der Waals surface area contributed by atoms with Crippen molar-refractivity contribution in [2.45, 2.75) is 239 Å². The molecule has 0 aromatic carbocycles. The van der Waals surface area contributed by atoms with Crippen molar-refractivity contribution in [1.82, 2.24) is 0 Å². The summed E-state index contributed by atoms with van der Waals surface area (Å²) >= 11 is 0. The zero-order chi connectivity index (χ0) is 28.3. The second-order valence-corrected chi connectivity index (χ2v) is 13.3. The van der Waals surface area contributed by atoms with Gasteiger partial charge in [0.2, 0.25) is 0 Å². The van der Waals surface area contributed by atoms with Crippen LogP contribution in [-0.4, -0.2) is 0 Å². The first-order chi connectivity index (χ1) is 19.3. The Labute approximate surface area is 251 Å². The average molecular weight is 548 g/mol. The molecule has 235 valence electrons. The highest BCUT2D eigenvalue weighted by Gasteiger charge is 2.07. The second kappa shape index (κ2) is 36.0. The van der Waals surface area contributed by atoms with E-state index < -0.39 is 0 Å². The SMILES string of the molecule is [CH2]CCC(CCCCCCCCCCCCCCCC)CCCCCCCCCCCCCCCCCCC. The van der Waals surface area contributed by atoms with E-state index in [0.717, 1.165) is 12.3 Å². The van der Waals surface area contributed by atoms with E-state index in [1.165, 1.54) is 218 Å². The maximum atomic E-state index is 4.17. The molecule has 1 radical (unpaired) electrons. The highest BCUT2D eigenvalue weighted by Crippen LogP contribution is 2.23. The first-order valence-corrected chi connectivity index (χ1v) is 19.1. The number of rotatable bonds is 35. The van der Waals surface area contributed by atoms with Gasteiger partial charge >= 0.3 is 0 Å². The van der Waals surface area contributed by atoms with Crippen LogP contribution in [0.3, 0.4) is 0 Å². The summed E-state index contributed by atoms with van der Waals surface area (Å²) in [5.74, 6) is 0.969. The number of hydrogen-bond donors (Lipinski definition) is 0. The predicted molar refractivity (Wildman–Crippen MR) is 182 cm³/mol. The molecule has 0 spiro atoms. The highest BCUT2D eigenvalue weighted by atomic mass is 14.1. The van der Waals surface area contributed by atoms with Gasteiger partial charge in [-0.3, -0.25) is 0 Å². The summed E-state index contributed by atoms with van der Waals surface area (Å²) in [6.07, 6.45) is 51.1. The van der Waals surface area contributed by atoms with Gasteiger partial charge in [0.15, 0.2) is 0 Å². The van der Waals surface area contributed by atoms with Gasteiger partial charge in [-0.05, 0) is 5.92 Å². The molecule has 0 aliphatic carbocycles. The lowest BCUT2D eigenvalue weighted by molar-refractivity contribution is 0.381. The van der Waals surface area contributed by atoms with E-state index in [-0.39, 0.29) is 0 Å². The fourth-order valence-electron chi connectivity index (χ4n) is 6.51. The van der Waals surface area contributed by atoms with Crippen LogP contribution in [0.4, 0.5) is 0 Å². The predicted octanol–water partition coefficient (Wildman–Crippen LogP) is 15.1. The van der Waals surface area contributed by atoms with Gasteiger partial charge in [-0.25, -0.2) is 0 Å². The van der Waals surface area contributed by atoms with Crippen LogP contribution in [0.15, 0.2) is 0 Å². The molecular formula is C39H79. The Morgan fingerprint density at radius 3 is 0.692 bits per heavy atom. The van der Waals surface area contributed by atoms with Crippen molar-refractivity contribution < 1.29 is 0 Å². The first-order valence-electron chi connectivity index (χ1n) is 19.1. The van der Waals surface area contributed by atoms with Crippen LogP contribution in [0, 0.1) is 12.8 Å². The van der Waals surface area contributed by atoms with Crippen LogP contribution in [-0.2, 0) is 0 Å². The summed E-state index contributed by atoms with van der Waals surface area (Å²) in [4.78, 5) is 0. The van der Waals surface area contributed by atoms with Crippen LogP contribution < -0.4 is 0 Å². The molecule has 0 nitrogen and oxygen atoms in total. The zero-order valence-electron chi connectivity index (χ0n) is 28.0. The first kappa shape index (κ1) is 39.0. The minimum absolute atomic E-state index is 0.969. The Hall–Kier alpha value is 0. The van der Waals surface area contributed by atoms with E-state index in [1.54, 1.807) is 0 Å². The van der Waals surface area contributed by atoms with Crippen molar-refractivity contribution in [3.63, 3.8) is 0 Å². The monoisotopic (exact) mass is 548 g/mol. The molecule has 0 rings (SSSR count). The van der Waals surface area contributed by atoms with E-state index in [1.807, 2.05) is 0 Å². The lowest BCUT2D eigenvalue weighted by Crippen LogP contribution is -2.00. The molecule has 0 amide bonds. The molecule has 0 N–H and O–H groups in total. The molecule has 0 saturated heterocycles. The maximum absolute atomic E-state index is 4.17. The summed E-state index contributed by atoms with van der Waals surface area (Å²) in [5, 5.41) is 0. The van der Waals surface area contributed by atoms with Gasteiger partial charge in [0.25, 0.3) is 0 Å². The molecule has 0 heterocycles. The van der Waals surface area contributed by atoms with Crippen molar-refractivity contribution in [3.8, 4) is 0 Å². The van der Waals surface area contributed by atoms with Gasteiger partial charge < -0.3 is 0 Å². The van der Waals surface area contributed by atoms with E-state index >= 15 is 0 Å². The highest BCUT2D eigenvalue weighted by molar-refractivity contribution is 4.62. The summed E-state index contributed by atoms with van der Waals surface area (Å²) < 4.78 is 0. The maximum Gasteiger partial charge on any atom is -0.0414 e. The van der Waals surface area contributed by atoms with Crippen molar-refractivity contribution in [2.24, 2.45) is 5.92 Å². The van der Waals surface area contributed by atoms with Crippen molar-refractivity contribution in [1.29, 1.82) is 0 Å². The molecule has 0 bridgehead atoms. The van der Waals surface area contributed by atoms with Crippen LogP contribution in [0.1, 0.15) is 239 Å². The standard InChI is InChI=1S/C39H79/c1-4-7-9-11-13-15-17-19-21-22-23-25-27-29-31-33-35-38-39(36-6-3)37-34-32-30-28-26-24-20-18-16-14-12-10-8-5-2/h39H,3-38H2,1-2H3. The van der Waals surface area contributed by atoms with Crippen LogP contribution >= 0.6 is 0 Å². The Morgan fingerprint density at radius 1 is 0.282 bits per heavy atom. The smallest absolute Gasteiger partial charge is 0.0414 e. The minimum atomic E-state index is 0.969. The molecule has 0 fully saturated rings. The van der Waals surface area contributed by atoms with Gasteiger partial charge in [0.1, 0.15) is 0 Å². The van der Waals surface area contributed by atoms with Crippen LogP contribution in [0.5, 0.6) is 0 Å². The van der Waals surface area contributed by atoms with Crippen molar-refractivity contribution in [2.75, 3.05) is 0 Å². The van der Waals surface area contributed by atoms with Crippen molar-refractivity contribution >= 4 is 0 Å². The molecule has 0 aliphatic rings. The summed E-state index contributed by atoms with van der Waals surface area (Å²) in [5.41, 5.74) is 0. The zero-order valence-corrected chi connectivity index (χ0v) is 28.0. The number of hydrogen-bond acceptors (Lipinski definition) is 0. The quantitative estimate of drug-likeness (QED) is 0.0692. The van der Waals surface area contributed by atoms with Crippen molar-refractivity contribution in [3.05, 3.63) is 6.92 Å². The minimum Gasteiger partial charge on any atom is -0.0654 e. The Kier molecular flexibility index (Phi) is 36.0. The van der Waals surface area contributed by atoms with Gasteiger partial charge in [-0.1, -0.05) is 245 Å². The molecule has 0 saturated carbocycles. The van der Waals surface area contributed by atoms with Gasteiger partial charge in [-0.15, -0.1) is 0 Å². The topological polar surface area (TPSA) is 0 Å². The Morgan fingerprint density at radius 2 is 0.487 bits per heavy atom. The molecule has 0 aromatic heterocycles. The molecule has 1 atom stereocenters. The third-order valence-electron chi connectivity index (χ3n) is 9.29. The Bertz CT molecular complexity index is 399. The van der Waals surface area contributed by atoms with Crippen LogP contribution in [0.2, 0.25) is 0 Å². The largest absolute Gasteiger partial charge is 0.0654 e. The summed E-state index contributed by atoms with van der Waals surface area (Å²) in [6, 6.07) is 0. The van der Waals surface area contributed by atoms with E-state index in [2.05, 4.69) is 20.8 Å². The third kappa shape index (κ3) is 34.1. The molecule has 0 heteroatoms. The second-order valence-electron chi connectivity index (χ2n) is 13.3. The van der Waals surface area contributed by atoms with Gasteiger partial charge in [-0.2, -0.15) is 0 Å². The lowest BCUT2D eigenvalue weighted by atomic mass is 9.90. The van der Waals surface area contributed by atoms with E-state index in [0.29, 0.717) is 0 Å². The van der Waals surface area contributed by atoms with E-state index in [4.69, 9.17) is 0 Å². The summed E-state index contributed by atoms with van der Waals surface area (Å²) in [7, 11) is 0. The average Bonchev–Trinajstić information content (AvgIpc) is 2.94. The third-order valence-corrected chi connectivity index (χ3v) is 9.29. The number of unbranched alkanes of at least 4 members (excludes halogenated alkanes) is 29. The van der Waals surface area contributed by atoms with Gasteiger partial charge in [0, 0.05) is 0 Å². The van der Waals surface area contributed by atoms with E-state index in [9.17, 15) is 0 Å². The molecule has 1 unspecified atom stereocenters. The van der Waals surface area contributed by atoms with Gasteiger partial charge in [0.05, 0.1) is 0 Å². The molecule has 0 aromatic rings. The molecular weight excluding hydrogens is 468 g/mol. The molecule has 0 aliphatic heterocycles. The lowest BCUT2D eigenvalue weighted by Gasteiger charge is -2.16. The summed E-state index contributed by atoms with van der Waals surface area (Å²) in [6.45, 7) is 8.79. The fourth-order valence-corrected chi connectivity index (χ4v) is 6.51. The Balaban J connectivity index is 3.35. The normalized spacial score (nSPS) is 12.4. The molecule has 39 heavy (non-hydrogen) atoms. The fraction of sp³-hybridized carbons (Fsp3) is 0.974. The van der Waals surface area contributed by atoms with Crippen LogP contribution in [0.25, 0.3) is 0 Å².